The van der Waals surface area contributed by atoms with E-state index in [1.807, 2.05) is 42.5 Å². The highest BCUT2D eigenvalue weighted by Crippen LogP contribution is 2.26. The molecule has 2 N–H and O–H groups in total. The summed E-state index contributed by atoms with van der Waals surface area (Å²) in [5.74, 6) is 0.810. The molecule has 162 valence electrons. The third-order valence-electron chi connectivity index (χ3n) is 6.08. The number of nitrogens with one attached hydrogen (secondary N) is 2. The van der Waals surface area contributed by atoms with Crippen molar-refractivity contribution in [2.24, 2.45) is 0 Å². The number of nitriles is 1. The molecule has 3 aromatic rings. The SMILES string of the molecule is Cc1cccc(Nc2ccccc2C(=O)NC2CCN(c3ccc(C#N)cn3)CC2)c1C. The standard InChI is InChI=1S/C26H27N5O/c1-18-6-5-9-23(19(18)2)30-24-8-4-3-7-22(24)26(32)29-21-12-14-31(15-13-21)25-11-10-20(16-27)17-28-25/h3-11,17,21,30H,12-15H2,1-2H3,(H,29,32). The highest BCUT2D eigenvalue weighted by Gasteiger charge is 2.23. The van der Waals surface area contributed by atoms with Crippen molar-refractivity contribution in [3.05, 3.63) is 83.0 Å². The van der Waals surface area contributed by atoms with Crippen molar-refractivity contribution in [2.75, 3.05) is 23.3 Å². The van der Waals surface area contributed by atoms with Crippen LogP contribution in [0.2, 0.25) is 0 Å². The minimum absolute atomic E-state index is 0.0617. The molecule has 0 spiro atoms. The van der Waals surface area contributed by atoms with Crippen LogP contribution in [0.3, 0.4) is 0 Å². The maximum absolute atomic E-state index is 13.1. The number of anilines is 3. The lowest BCUT2D eigenvalue weighted by Crippen LogP contribution is -2.45. The number of piperidine rings is 1. The Morgan fingerprint density at radius 1 is 1.03 bits per heavy atom. The number of hydrogen-bond donors (Lipinski definition) is 2. The fraction of sp³-hybridized carbons (Fsp3) is 0.269. The number of carbonyl (C=O) groups excluding carboxylic acids is 1. The van der Waals surface area contributed by atoms with Crippen LogP contribution in [-0.2, 0) is 0 Å². The van der Waals surface area contributed by atoms with E-state index < -0.39 is 0 Å². The monoisotopic (exact) mass is 425 g/mol. The van der Waals surface area contributed by atoms with Crippen LogP contribution in [0.5, 0.6) is 0 Å². The largest absolute Gasteiger partial charge is 0.356 e. The highest BCUT2D eigenvalue weighted by atomic mass is 16.1. The molecule has 0 saturated carbocycles. The first-order valence-corrected chi connectivity index (χ1v) is 10.9. The average Bonchev–Trinajstić information content (AvgIpc) is 2.83. The quantitative estimate of drug-likeness (QED) is 0.619. The van der Waals surface area contributed by atoms with Gasteiger partial charge in [-0.05, 0) is 68.1 Å². The molecule has 6 heteroatoms. The van der Waals surface area contributed by atoms with Gasteiger partial charge < -0.3 is 15.5 Å². The summed E-state index contributed by atoms with van der Waals surface area (Å²) in [5.41, 5.74) is 5.40. The Morgan fingerprint density at radius 3 is 2.50 bits per heavy atom. The zero-order valence-corrected chi connectivity index (χ0v) is 18.4. The summed E-state index contributed by atoms with van der Waals surface area (Å²) in [6, 6.07) is 19.6. The van der Waals surface area contributed by atoms with Crippen LogP contribution in [0.1, 0.15) is 39.9 Å². The van der Waals surface area contributed by atoms with Gasteiger partial charge in [-0.25, -0.2) is 4.98 Å². The van der Waals surface area contributed by atoms with Gasteiger partial charge in [0.05, 0.1) is 16.8 Å². The molecule has 32 heavy (non-hydrogen) atoms. The lowest BCUT2D eigenvalue weighted by Gasteiger charge is -2.33. The van der Waals surface area contributed by atoms with Crippen LogP contribution in [0.4, 0.5) is 17.2 Å². The minimum Gasteiger partial charge on any atom is -0.356 e. The van der Waals surface area contributed by atoms with E-state index in [1.165, 1.54) is 11.1 Å². The smallest absolute Gasteiger partial charge is 0.253 e. The highest BCUT2D eigenvalue weighted by molar-refractivity contribution is 6.00. The maximum atomic E-state index is 13.1. The van der Waals surface area contributed by atoms with Gasteiger partial charge in [-0.2, -0.15) is 5.26 Å². The molecule has 1 aliphatic rings. The zero-order valence-electron chi connectivity index (χ0n) is 18.4. The van der Waals surface area contributed by atoms with Crippen molar-refractivity contribution in [2.45, 2.75) is 32.7 Å². The number of rotatable bonds is 5. The Balaban J connectivity index is 1.39. The third-order valence-corrected chi connectivity index (χ3v) is 6.08. The van der Waals surface area contributed by atoms with Crippen LogP contribution < -0.4 is 15.5 Å². The maximum Gasteiger partial charge on any atom is 0.253 e. The van der Waals surface area contributed by atoms with Gasteiger partial charge in [-0.3, -0.25) is 4.79 Å². The summed E-state index contributed by atoms with van der Waals surface area (Å²) >= 11 is 0. The first kappa shape index (κ1) is 21.4. The Bertz CT molecular complexity index is 1140. The van der Waals surface area contributed by atoms with Gasteiger partial charge in [0, 0.05) is 31.0 Å². The number of benzene rings is 2. The molecule has 1 aliphatic heterocycles. The molecule has 6 nitrogen and oxygen atoms in total. The average molecular weight is 426 g/mol. The molecule has 1 aromatic heterocycles. The number of pyridine rings is 1. The molecule has 1 amide bonds. The number of nitrogens with zero attached hydrogens (tertiary/aromatic N) is 3. The van der Waals surface area contributed by atoms with Crippen molar-refractivity contribution in [3.8, 4) is 6.07 Å². The van der Waals surface area contributed by atoms with Crippen molar-refractivity contribution in [1.29, 1.82) is 5.26 Å². The molecule has 4 rings (SSSR count). The summed E-state index contributed by atoms with van der Waals surface area (Å²) in [7, 11) is 0. The van der Waals surface area contributed by atoms with E-state index in [0.29, 0.717) is 11.1 Å². The fourth-order valence-electron chi connectivity index (χ4n) is 3.98. The van der Waals surface area contributed by atoms with Crippen LogP contribution in [0.15, 0.2) is 60.8 Å². The normalized spacial score (nSPS) is 14.0. The van der Waals surface area contributed by atoms with E-state index in [9.17, 15) is 4.79 Å². The van der Waals surface area contributed by atoms with Crippen molar-refractivity contribution in [1.82, 2.24) is 10.3 Å². The summed E-state index contributed by atoms with van der Waals surface area (Å²) in [5, 5.41) is 15.6. The van der Waals surface area contributed by atoms with Gasteiger partial charge in [0.1, 0.15) is 11.9 Å². The molecule has 2 aromatic carbocycles. The van der Waals surface area contributed by atoms with Gasteiger partial charge in [0.2, 0.25) is 0 Å². The van der Waals surface area contributed by atoms with Crippen molar-refractivity contribution < 1.29 is 4.79 Å². The first-order valence-electron chi connectivity index (χ1n) is 10.9. The second-order valence-corrected chi connectivity index (χ2v) is 8.17. The molecule has 1 fully saturated rings. The van der Waals surface area contributed by atoms with E-state index in [2.05, 4.69) is 46.5 Å². The van der Waals surface area contributed by atoms with Crippen molar-refractivity contribution in [3.63, 3.8) is 0 Å². The first-order chi connectivity index (χ1) is 15.5. The summed E-state index contributed by atoms with van der Waals surface area (Å²) < 4.78 is 0. The molecule has 0 aliphatic carbocycles. The van der Waals surface area contributed by atoms with E-state index >= 15 is 0 Å². The molecule has 0 bridgehead atoms. The second kappa shape index (κ2) is 9.52. The number of para-hydroxylation sites is 1. The summed E-state index contributed by atoms with van der Waals surface area (Å²) in [6.45, 7) is 5.79. The summed E-state index contributed by atoms with van der Waals surface area (Å²) in [4.78, 5) is 19.7. The number of carbonyl (C=O) groups is 1. The lowest BCUT2D eigenvalue weighted by atomic mass is 10.0. The van der Waals surface area contributed by atoms with Crippen LogP contribution in [0, 0.1) is 25.2 Å². The van der Waals surface area contributed by atoms with Crippen LogP contribution in [-0.4, -0.2) is 30.0 Å². The Labute approximate surface area is 188 Å². The van der Waals surface area contributed by atoms with Gasteiger partial charge >= 0.3 is 0 Å². The molecule has 1 saturated heterocycles. The Hall–Kier alpha value is -3.85. The topological polar surface area (TPSA) is 81.0 Å². The summed E-state index contributed by atoms with van der Waals surface area (Å²) in [6.07, 6.45) is 3.29. The van der Waals surface area contributed by atoms with Crippen LogP contribution >= 0.6 is 0 Å². The molecule has 0 unspecified atom stereocenters. The minimum atomic E-state index is -0.0617. The van der Waals surface area contributed by atoms with Gasteiger partial charge in [0.15, 0.2) is 0 Å². The van der Waals surface area contributed by atoms with Crippen molar-refractivity contribution >= 4 is 23.1 Å². The Kier molecular flexibility index (Phi) is 6.37. The number of amides is 1. The predicted molar refractivity (Wildman–Crippen MR) is 127 cm³/mol. The molecule has 2 heterocycles. The predicted octanol–water partition coefficient (Wildman–Crippen LogP) is 4.71. The van der Waals surface area contributed by atoms with Crippen LogP contribution in [0.25, 0.3) is 0 Å². The molecule has 0 atom stereocenters. The van der Waals surface area contributed by atoms with Gasteiger partial charge in [0.25, 0.3) is 5.91 Å². The molecular weight excluding hydrogens is 398 g/mol. The number of hydrogen-bond acceptors (Lipinski definition) is 5. The van der Waals surface area contributed by atoms with E-state index in [-0.39, 0.29) is 11.9 Å². The van der Waals surface area contributed by atoms with Gasteiger partial charge in [-0.15, -0.1) is 0 Å². The molecular formula is C26H27N5O. The lowest BCUT2D eigenvalue weighted by molar-refractivity contribution is 0.0932. The fourth-order valence-corrected chi connectivity index (χ4v) is 3.98. The van der Waals surface area contributed by atoms with E-state index in [1.54, 1.807) is 12.3 Å². The van der Waals surface area contributed by atoms with E-state index in [4.69, 9.17) is 5.26 Å². The number of aryl methyl sites for hydroxylation is 1. The third kappa shape index (κ3) is 4.73. The van der Waals surface area contributed by atoms with Gasteiger partial charge in [-0.1, -0.05) is 24.3 Å². The number of aromatic nitrogens is 1. The van der Waals surface area contributed by atoms with E-state index in [0.717, 1.165) is 43.1 Å². The second-order valence-electron chi connectivity index (χ2n) is 8.17. The molecule has 0 radical (unpaired) electrons. The zero-order chi connectivity index (χ0) is 22.5. The Morgan fingerprint density at radius 2 is 1.78 bits per heavy atom.